The molecule has 0 heterocycles. The second-order valence-electron chi connectivity index (χ2n) is 3.58. The summed E-state index contributed by atoms with van der Waals surface area (Å²) in [5, 5.41) is 3.28. The molecule has 0 bridgehead atoms. The maximum Gasteiger partial charge on any atom is 0.253 e. The number of benzene rings is 1. The average molecular weight is 276 g/mol. The van der Waals surface area contributed by atoms with Crippen molar-refractivity contribution in [1.29, 1.82) is 0 Å². The minimum atomic E-state index is -0.206. The lowest BCUT2D eigenvalue weighted by atomic mass is 10.1. The summed E-state index contributed by atoms with van der Waals surface area (Å²) in [6, 6.07) is 6.82. The van der Waals surface area contributed by atoms with Gasteiger partial charge in [0.2, 0.25) is 0 Å². The zero-order chi connectivity index (χ0) is 12.7. The molecule has 1 amide bonds. The van der Waals surface area contributed by atoms with Crippen LogP contribution in [-0.2, 0) is 4.74 Å². The summed E-state index contributed by atoms with van der Waals surface area (Å²) in [7, 11) is 1.59. The standard InChI is InChI=1S/C12H15Cl2NO2/c1-17-8-9(6-7-13)15-12(16)10-4-2-3-5-11(10)14/h2-5,9H,6-8H2,1H3,(H,15,16). The number of alkyl halides is 1. The molecule has 0 aliphatic carbocycles. The minimum absolute atomic E-state index is 0.0960. The van der Waals surface area contributed by atoms with Gasteiger partial charge < -0.3 is 10.1 Å². The van der Waals surface area contributed by atoms with E-state index < -0.39 is 0 Å². The lowest BCUT2D eigenvalue weighted by Crippen LogP contribution is -2.38. The first-order valence-corrected chi connectivity index (χ1v) is 6.20. The molecule has 0 aliphatic rings. The van der Waals surface area contributed by atoms with E-state index in [1.165, 1.54) is 0 Å². The molecule has 0 fully saturated rings. The summed E-state index contributed by atoms with van der Waals surface area (Å²) >= 11 is 11.6. The van der Waals surface area contributed by atoms with Crippen LogP contribution < -0.4 is 5.32 Å². The molecule has 0 saturated heterocycles. The molecule has 1 aromatic carbocycles. The van der Waals surface area contributed by atoms with Crippen molar-refractivity contribution in [2.75, 3.05) is 19.6 Å². The van der Waals surface area contributed by atoms with Crippen molar-refractivity contribution >= 4 is 29.1 Å². The van der Waals surface area contributed by atoms with Crippen LogP contribution in [0, 0.1) is 0 Å². The third kappa shape index (κ3) is 4.54. The quantitative estimate of drug-likeness (QED) is 0.811. The Kier molecular flexibility index (Phi) is 6.34. The monoisotopic (exact) mass is 275 g/mol. The van der Waals surface area contributed by atoms with E-state index >= 15 is 0 Å². The van der Waals surface area contributed by atoms with Crippen molar-refractivity contribution in [3.63, 3.8) is 0 Å². The van der Waals surface area contributed by atoms with Crippen molar-refractivity contribution in [1.82, 2.24) is 5.32 Å². The molecule has 1 aromatic rings. The zero-order valence-corrected chi connectivity index (χ0v) is 11.1. The van der Waals surface area contributed by atoms with E-state index in [0.717, 1.165) is 0 Å². The molecule has 5 heteroatoms. The fraction of sp³-hybridized carbons (Fsp3) is 0.417. The summed E-state index contributed by atoms with van der Waals surface area (Å²) in [6.07, 6.45) is 0.658. The van der Waals surface area contributed by atoms with Crippen LogP contribution in [0.4, 0.5) is 0 Å². The predicted molar refractivity (Wildman–Crippen MR) is 69.9 cm³/mol. The Labute approximate surface area is 111 Å². The van der Waals surface area contributed by atoms with Crippen molar-refractivity contribution in [3.05, 3.63) is 34.9 Å². The smallest absolute Gasteiger partial charge is 0.253 e. The molecule has 17 heavy (non-hydrogen) atoms. The number of carbonyl (C=O) groups is 1. The third-order valence-corrected chi connectivity index (χ3v) is 2.83. The summed E-state index contributed by atoms with van der Waals surface area (Å²) in [5.41, 5.74) is 0.463. The minimum Gasteiger partial charge on any atom is -0.383 e. The van der Waals surface area contributed by atoms with Gasteiger partial charge in [0.25, 0.3) is 5.91 Å². The van der Waals surface area contributed by atoms with Crippen LogP contribution in [0.25, 0.3) is 0 Å². The van der Waals surface area contributed by atoms with Crippen LogP contribution in [0.3, 0.4) is 0 Å². The Hall–Kier alpha value is -0.770. The molecule has 3 nitrogen and oxygen atoms in total. The Balaban J connectivity index is 2.67. The van der Waals surface area contributed by atoms with Crippen LogP contribution in [-0.4, -0.2) is 31.5 Å². The predicted octanol–water partition coefficient (Wildman–Crippen LogP) is 2.71. The van der Waals surface area contributed by atoms with E-state index in [4.69, 9.17) is 27.9 Å². The number of methoxy groups -OCH3 is 1. The maximum absolute atomic E-state index is 11.9. The molecule has 0 spiro atoms. The first-order chi connectivity index (χ1) is 8.19. The molecule has 0 saturated carbocycles. The van der Waals surface area contributed by atoms with Gasteiger partial charge in [-0.25, -0.2) is 0 Å². The lowest BCUT2D eigenvalue weighted by Gasteiger charge is -2.17. The van der Waals surface area contributed by atoms with Crippen LogP contribution in [0.5, 0.6) is 0 Å². The molecule has 1 rings (SSSR count). The van der Waals surface area contributed by atoms with Gasteiger partial charge in [-0.2, -0.15) is 0 Å². The number of rotatable bonds is 6. The highest BCUT2D eigenvalue weighted by Gasteiger charge is 2.15. The Morgan fingerprint density at radius 1 is 1.47 bits per heavy atom. The van der Waals surface area contributed by atoms with Crippen LogP contribution >= 0.6 is 23.2 Å². The first-order valence-electron chi connectivity index (χ1n) is 5.29. The molecule has 0 radical (unpaired) electrons. The lowest BCUT2D eigenvalue weighted by molar-refractivity contribution is 0.0895. The first kappa shape index (κ1) is 14.3. The fourth-order valence-corrected chi connectivity index (χ4v) is 1.92. The average Bonchev–Trinajstić information content (AvgIpc) is 2.30. The molecular weight excluding hydrogens is 261 g/mol. The molecule has 1 N–H and O–H groups in total. The van der Waals surface area contributed by atoms with Gasteiger partial charge in [-0.15, -0.1) is 11.6 Å². The third-order valence-electron chi connectivity index (χ3n) is 2.28. The van der Waals surface area contributed by atoms with Crippen molar-refractivity contribution in [2.45, 2.75) is 12.5 Å². The summed E-state index contributed by atoms with van der Waals surface area (Å²) in [5.74, 6) is 0.263. The van der Waals surface area contributed by atoms with Gasteiger partial charge in [-0.1, -0.05) is 23.7 Å². The molecule has 0 aliphatic heterocycles. The van der Waals surface area contributed by atoms with Crippen LogP contribution in [0.15, 0.2) is 24.3 Å². The fourth-order valence-electron chi connectivity index (χ4n) is 1.44. The number of hydrogen-bond acceptors (Lipinski definition) is 2. The van der Waals surface area contributed by atoms with Crippen LogP contribution in [0.1, 0.15) is 16.8 Å². The second kappa shape index (κ2) is 7.54. The highest BCUT2D eigenvalue weighted by Crippen LogP contribution is 2.14. The zero-order valence-electron chi connectivity index (χ0n) is 9.58. The van der Waals surface area contributed by atoms with Gasteiger partial charge in [-0.05, 0) is 18.6 Å². The molecule has 0 aromatic heterocycles. The number of ether oxygens (including phenoxy) is 1. The second-order valence-corrected chi connectivity index (χ2v) is 4.37. The number of hydrogen-bond donors (Lipinski definition) is 1. The van der Waals surface area contributed by atoms with E-state index in [1.807, 2.05) is 0 Å². The topological polar surface area (TPSA) is 38.3 Å². The highest BCUT2D eigenvalue weighted by atomic mass is 35.5. The van der Waals surface area contributed by atoms with Gasteiger partial charge in [0.1, 0.15) is 0 Å². The number of halogens is 2. The van der Waals surface area contributed by atoms with E-state index in [1.54, 1.807) is 31.4 Å². The molecular formula is C12H15Cl2NO2. The van der Waals surface area contributed by atoms with Crippen molar-refractivity contribution < 1.29 is 9.53 Å². The summed E-state index contributed by atoms with van der Waals surface area (Å²) < 4.78 is 5.02. The number of amides is 1. The van der Waals surface area contributed by atoms with E-state index in [-0.39, 0.29) is 11.9 Å². The van der Waals surface area contributed by atoms with Gasteiger partial charge >= 0.3 is 0 Å². The van der Waals surface area contributed by atoms with E-state index in [9.17, 15) is 4.79 Å². The SMILES string of the molecule is COCC(CCCl)NC(=O)c1ccccc1Cl. The highest BCUT2D eigenvalue weighted by molar-refractivity contribution is 6.33. The molecule has 1 unspecified atom stereocenters. The van der Waals surface area contributed by atoms with E-state index in [0.29, 0.717) is 29.5 Å². The van der Waals surface area contributed by atoms with Crippen LogP contribution in [0.2, 0.25) is 5.02 Å². The Morgan fingerprint density at radius 3 is 2.76 bits per heavy atom. The van der Waals surface area contributed by atoms with Gasteiger partial charge in [0, 0.05) is 13.0 Å². The van der Waals surface area contributed by atoms with Crippen molar-refractivity contribution in [2.24, 2.45) is 0 Å². The summed E-state index contributed by atoms with van der Waals surface area (Å²) in [4.78, 5) is 11.9. The van der Waals surface area contributed by atoms with Crippen molar-refractivity contribution in [3.8, 4) is 0 Å². The maximum atomic E-state index is 11.9. The van der Waals surface area contributed by atoms with Gasteiger partial charge in [-0.3, -0.25) is 4.79 Å². The Morgan fingerprint density at radius 2 is 2.18 bits per heavy atom. The van der Waals surface area contributed by atoms with E-state index in [2.05, 4.69) is 5.32 Å². The largest absolute Gasteiger partial charge is 0.383 e. The number of nitrogens with one attached hydrogen (secondary N) is 1. The Bertz CT molecular complexity index is 365. The van der Waals surface area contributed by atoms with Gasteiger partial charge in [0.05, 0.1) is 23.2 Å². The molecule has 94 valence electrons. The molecule has 1 atom stereocenters. The summed E-state index contributed by atoms with van der Waals surface area (Å²) in [6.45, 7) is 0.433. The normalized spacial score (nSPS) is 12.2. The van der Waals surface area contributed by atoms with Gasteiger partial charge in [0.15, 0.2) is 0 Å². The number of carbonyl (C=O) groups excluding carboxylic acids is 1.